The summed E-state index contributed by atoms with van der Waals surface area (Å²) in [6, 6.07) is 4.76. The van der Waals surface area contributed by atoms with E-state index >= 15 is 0 Å². The Balaban J connectivity index is 1.71. The van der Waals surface area contributed by atoms with Crippen LogP contribution in [0.1, 0.15) is 17.7 Å². The largest absolute Gasteiger partial charge is 0.309 e. The van der Waals surface area contributed by atoms with E-state index in [1.807, 2.05) is 0 Å². The highest BCUT2D eigenvalue weighted by molar-refractivity contribution is 7.92. The van der Waals surface area contributed by atoms with Crippen LogP contribution in [0.2, 0.25) is 0 Å². The third-order valence-corrected chi connectivity index (χ3v) is 5.42. The normalized spacial score (nSPS) is 15.0. The summed E-state index contributed by atoms with van der Waals surface area (Å²) in [6.07, 6.45) is 2.38. The zero-order valence-corrected chi connectivity index (χ0v) is 12.6. The smallest absolute Gasteiger partial charge is 0.264 e. The number of rotatable bonds is 6. The number of H-pyrrole nitrogens is 1. The lowest BCUT2D eigenvalue weighted by Crippen LogP contribution is -2.16. The van der Waals surface area contributed by atoms with Gasteiger partial charge in [-0.1, -0.05) is 0 Å². The van der Waals surface area contributed by atoms with Gasteiger partial charge in [-0.2, -0.15) is 5.10 Å². The first-order valence-electron chi connectivity index (χ1n) is 6.42. The zero-order valence-electron chi connectivity index (χ0n) is 11.0. The van der Waals surface area contributed by atoms with E-state index in [9.17, 15) is 13.2 Å². The van der Waals surface area contributed by atoms with E-state index in [0.29, 0.717) is 12.6 Å². The highest BCUT2D eigenvalue weighted by Gasteiger charge is 2.21. The fraction of sp³-hybridized carbons (Fsp3) is 0.333. The Bertz CT molecular complexity index is 772. The lowest BCUT2D eigenvalue weighted by Gasteiger charge is -2.04. The molecular weight excluding hydrogens is 312 g/mol. The van der Waals surface area contributed by atoms with E-state index < -0.39 is 10.0 Å². The number of anilines is 1. The van der Waals surface area contributed by atoms with Gasteiger partial charge in [0.25, 0.3) is 15.6 Å². The van der Waals surface area contributed by atoms with Gasteiger partial charge in [0, 0.05) is 28.9 Å². The molecule has 0 atom stereocenters. The van der Waals surface area contributed by atoms with Crippen molar-refractivity contribution < 1.29 is 8.42 Å². The van der Waals surface area contributed by atoms with Crippen LogP contribution in [0.25, 0.3) is 0 Å². The van der Waals surface area contributed by atoms with Crippen LogP contribution in [0.4, 0.5) is 5.82 Å². The van der Waals surface area contributed by atoms with Gasteiger partial charge < -0.3 is 5.32 Å². The quantitative estimate of drug-likeness (QED) is 0.731. The number of hydrogen-bond acceptors (Lipinski definition) is 6. The van der Waals surface area contributed by atoms with Crippen LogP contribution >= 0.6 is 11.3 Å². The monoisotopic (exact) mass is 326 g/mol. The van der Waals surface area contributed by atoms with Crippen LogP contribution in [-0.2, 0) is 16.6 Å². The molecule has 2 heterocycles. The lowest BCUT2D eigenvalue weighted by molar-refractivity contribution is 0.601. The van der Waals surface area contributed by atoms with Crippen molar-refractivity contribution in [1.29, 1.82) is 0 Å². The Kier molecular flexibility index (Phi) is 3.79. The van der Waals surface area contributed by atoms with Crippen LogP contribution in [-0.4, -0.2) is 24.7 Å². The molecule has 0 spiro atoms. The minimum absolute atomic E-state index is 0.0819. The number of sulfonamides is 1. The van der Waals surface area contributed by atoms with Crippen molar-refractivity contribution in [3.05, 3.63) is 38.8 Å². The molecule has 112 valence electrons. The molecule has 3 N–H and O–H groups in total. The summed E-state index contributed by atoms with van der Waals surface area (Å²) in [5.74, 6) is 0.0819. The Labute approximate surface area is 125 Å². The number of aromatic nitrogens is 2. The summed E-state index contributed by atoms with van der Waals surface area (Å²) >= 11 is 1.40. The Morgan fingerprint density at radius 3 is 2.86 bits per heavy atom. The molecule has 21 heavy (non-hydrogen) atoms. The molecule has 0 saturated heterocycles. The minimum Gasteiger partial charge on any atom is -0.309 e. The van der Waals surface area contributed by atoms with Gasteiger partial charge in [-0.25, -0.2) is 13.5 Å². The van der Waals surface area contributed by atoms with Gasteiger partial charge in [-0.3, -0.25) is 9.52 Å². The molecule has 7 nitrogen and oxygen atoms in total. The third kappa shape index (κ3) is 3.69. The highest BCUT2D eigenvalue weighted by atomic mass is 32.2. The molecule has 3 rings (SSSR count). The fourth-order valence-corrected chi connectivity index (χ4v) is 3.95. The number of hydrogen-bond donors (Lipinski definition) is 3. The standard InChI is InChI=1S/C12H14N4O3S2/c17-12-4-3-11(14-15-12)16-21(18,19)10-5-9(20-7-10)6-13-8-1-2-8/h3-5,7-8,13H,1-2,6H2,(H,14,16)(H,15,17). The zero-order chi connectivity index (χ0) is 14.9. The summed E-state index contributed by atoms with van der Waals surface area (Å²) in [4.78, 5) is 12.1. The third-order valence-electron chi connectivity index (χ3n) is 3.00. The van der Waals surface area contributed by atoms with Crippen LogP contribution in [0.5, 0.6) is 0 Å². The predicted octanol–water partition coefficient (Wildman–Crippen LogP) is 0.884. The van der Waals surface area contributed by atoms with Crippen LogP contribution in [0, 0.1) is 0 Å². The Morgan fingerprint density at radius 1 is 1.38 bits per heavy atom. The summed E-state index contributed by atoms with van der Waals surface area (Å²) < 4.78 is 26.7. The molecule has 0 radical (unpaired) electrons. The van der Waals surface area contributed by atoms with E-state index in [2.05, 4.69) is 20.2 Å². The maximum Gasteiger partial charge on any atom is 0.264 e. The number of thiophene rings is 1. The second kappa shape index (κ2) is 5.58. The van der Waals surface area contributed by atoms with Crippen molar-refractivity contribution >= 4 is 27.2 Å². The molecule has 0 bridgehead atoms. The fourth-order valence-electron chi connectivity index (χ4n) is 1.72. The Hall–Kier alpha value is -1.71. The molecule has 2 aromatic heterocycles. The van der Waals surface area contributed by atoms with Crippen molar-refractivity contribution in [2.75, 3.05) is 4.72 Å². The van der Waals surface area contributed by atoms with Crippen LogP contribution in [0.3, 0.4) is 0 Å². The number of nitrogens with one attached hydrogen (secondary N) is 3. The summed E-state index contributed by atoms with van der Waals surface area (Å²) in [5.41, 5.74) is -0.387. The second-order valence-electron chi connectivity index (χ2n) is 4.82. The van der Waals surface area contributed by atoms with E-state index in [1.54, 1.807) is 11.4 Å². The molecular formula is C12H14N4O3S2. The average molecular weight is 326 g/mol. The molecule has 0 unspecified atom stereocenters. The summed E-state index contributed by atoms with van der Waals surface area (Å²) in [6.45, 7) is 0.682. The number of aromatic amines is 1. The van der Waals surface area contributed by atoms with E-state index in [1.165, 1.54) is 36.3 Å². The molecule has 1 aliphatic carbocycles. The first-order chi connectivity index (χ1) is 10.0. The summed E-state index contributed by atoms with van der Waals surface area (Å²) in [7, 11) is -3.68. The van der Waals surface area contributed by atoms with Crippen LogP contribution in [0.15, 0.2) is 33.3 Å². The van der Waals surface area contributed by atoms with Crippen molar-refractivity contribution in [2.24, 2.45) is 0 Å². The van der Waals surface area contributed by atoms with Crippen molar-refractivity contribution in [3.63, 3.8) is 0 Å². The molecule has 0 amide bonds. The molecule has 2 aromatic rings. The van der Waals surface area contributed by atoms with Gasteiger partial charge >= 0.3 is 0 Å². The van der Waals surface area contributed by atoms with Gasteiger partial charge in [-0.05, 0) is 25.0 Å². The van der Waals surface area contributed by atoms with Gasteiger partial charge in [-0.15, -0.1) is 11.3 Å². The van der Waals surface area contributed by atoms with Gasteiger partial charge in [0.05, 0.1) is 4.90 Å². The molecule has 1 saturated carbocycles. The topological polar surface area (TPSA) is 104 Å². The number of nitrogens with zero attached hydrogens (tertiary/aromatic N) is 1. The second-order valence-corrected chi connectivity index (χ2v) is 7.49. The Morgan fingerprint density at radius 2 is 2.19 bits per heavy atom. The van der Waals surface area contributed by atoms with Gasteiger partial charge in [0.1, 0.15) is 0 Å². The van der Waals surface area contributed by atoms with Crippen molar-refractivity contribution in [3.8, 4) is 0 Å². The van der Waals surface area contributed by atoms with Crippen molar-refractivity contribution in [2.45, 2.75) is 30.3 Å². The summed E-state index contributed by atoms with van der Waals surface area (Å²) in [5, 5.41) is 10.7. The van der Waals surface area contributed by atoms with Crippen molar-refractivity contribution in [1.82, 2.24) is 15.5 Å². The molecule has 9 heteroatoms. The average Bonchev–Trinajstić information content (AvgIpc) is 3.15. The van der Waals surface area contributed by atoms with E-state index in [-0.39, 0.29) is 16.3 Å². The predicted molar refractivity (Wildman–Crippen MR) is 79.8 cm³/mol. The van der Waals surface area contributed by atoms with Gasteiger partial charge in [0.15, 0.2) is 5.82 Å². The van der Waals surface area contributed by atoms with Crippen LogP contribution < -0.4 is 15.6 Å². The van der Waals surface area contributed by atoms with E-state index in [4.69, 9.17) is 0 Å². The molecule has 1 fully saturated rings. The molecule has 0 aliphatic heterocycles. The molecule has 0 aromatic carbocycles. The SMILES string of the molecule is O=c1ccc(NS(=O)(=O)c2csc(CNC3CC3)c2)n[nH]1. The maximum absolute atomic E-state index is 12.2. The van der Waals surface area contributed by atoms with E-state index in [0.717, 1.165) is 4.88 Å². The first-order valence-corrected chi connectivity index (χ1v) is 8.78. The molecule has 1 aliphatic rings. The lowest BCUT2D eigenvalue weighted by atomic mass is 10.4. The minimum atomic E-state index is -3.68. The maximum atomic E-state index is 12.2. The van der Waals surface area contributed by atoms with Gasteiger partial charge in [0.2, 0.25) is 0 Å². The first kappa shape index (κ1) is 14.2. The highest BCUT2D eigenvalue weighted by Crippen LogP contribution is 2.23.